The Morgan fingerprint density at radius 3 is 2.70 bits per heavy atom. The van der Waals surface area contributed by atoms with Gasteiger partial charge in [-0.05, 0) is 38.1 Å². The molecule has 0 radical (unpaired) electrons. The SMILES string of the molecule is CCOc1ccc(C)cc1C(O)c1c(F)cccc1Br. The topological polar surface area (TPSA) is 29.5 Å². The van der Waals surface area contributed by atoms with Crippen molar-refractivity contribution in [2.45, 2.75) is 20.0 Å². The molecule has 20 heavy (non-hydrogen) atoms. The van der Waals surface area contributed by atoms with E-state index in [1.54, 1.807) is 18.2 Å². The molecule has 0 amide bonds. The zero-order valence-corrected chi connectivity index (χ0v) is 12.9. The Hall–Kier alpha value is -1.39. The van der Waals surface area contributed by atoms with Gasteiger partial charge in [-0.25, -0.2) is 4.39 Å². The van der Waals surface area contributed by atoms with E-state index in [1.165, 1.54) is 6.07 Å². The third-order valence-electron chi connectivity index (χ3n) is 3.03. The largest absolute Gasteiger partial charge is 0.493 e. The fraction of sp³-hybridized carbons (Fsp3) is 0.250. The minimum absolute atomic E-state index is 0.221. The lowest BCUT2D eigenvalue weighted by molar-refractivity contribution is 0.206. The van der Waals surface area contributed by atoms with Crippen LogP contribution in [0.3, 0.4) is 0 Å². The van der Waals surface area contributed by atoms with E-state index < -0.39 is 11.9 Å². The summed E-state index contributed by atoms with van der Waals surface area (Å²) in [7, 11) is 0. The van der Waals surface area contributed by atoms with Crippen molar-refractivity contribution in [1.82, 2.24) is 0 Å². The predicted octanol–water partition coefficient (Wildman–Crippen LogP) is 4.38. The fourth-order valence-corrected chi connectivity index (χ4v) is 2.65. The summed E-state index contributed by atoms with van der Waals surface area (Å²) in [5, 5.41) is 10.5. The summed E-state index contributed by atoms with van der Waals surface area (Å²) in [6, 6.07) is 10.1. The lowest BCUT2D eigenvalue weighted by Gasteiger charge is -2.18. The van der Waals surface area contributed by atoms with Crippen molar-refractivity contribution in [2.75, 3.05) is 6.61 Å². The molecule has 2 nitrogen and oxygen atoms in total. The van der Waals surface area contributed by atoms with E-state index in [0.29, 0.717) is 22.4 Å². The van der Waals surface area contributed by atoms with Gasteiger partial charge >= 0.3 is 0 Å². The lowest BCUT2D eigenvalue weighted by atomic mass is 9.98. The highest BCUT2D eigenvalue weighted by atomic mass is 79.9. The van der Waals surface area contributed by atoms with Crippen LogP contribution in [0.5, 0.6) is 5.75 Å². The van der Waals surface area contributed by atoms with Crippen LogP contribution in [0.15, 0.2) is 40.9 Å². The molecule has 0 heterocycles. The molecule has 0 aromatic heterocycles. The Morgan fingerprint density at radius 2 is 2.05 bits per heavy atom. The molecule has 2 aromatic rings. The van der Waals surface area contributed by atoms with Crippen molar-refractivity contribution >= 4 is 15.9 Å². The van der Waals surface area contributed by atoms with Crippen LogP contribution in [0.4, 0.5) is 4.39 Å². The van der Waals surface area contributed by atoms with Crippen LogP contribution in [0.1, 0.15) is 29.7 Å². The maximum atomic E-state index is 14.0. The summed E-state index contributed by atoms with van der Waals surface area (Å²) in [5.74, 6) is 0.122. The van der Waals surface area contributed by atoms with Gasteiger partial charge in [-0.2, -0.15) is 0 Å². The van der Waals surface area contributed by atoms with Gasteiger partial charge in [0.05, 0.1) is 6.61 Å². The van der Waals surface area contributed by atoms with Gasteiger partial charge in [0.1, 0.15) is 17.7 Å². The molecule has 0 saturated carbocycles. The molecule has 1 N–H and O–H groups in total. The van der Waals surface area contributed by atoms with Crippen LogP contribution < -0.4 is 4.74 Å². The monoisotopic (exact) mass is 338 g/mol. The highest BCUT2D eigenvalue weighted by Crippen LogP contribution is 2.35. The van der Waals surface area contributed by atoms with Crippen LogP contribution in [-0.4, -0.2) is 11.7 Å². The molecule has 0 fully saturated rings. The molecule has 0 aliphatic heterocycles. The molecular formula is C16H16BrFO2. The van der Waals surface area contributed by atoms with Gasteiger partial charge in [0.25, 0.3) is 0 Å². The Bertz CT molecular complexity index is 593. The van der Waals surface area contributed by atoms with Crippen LogP contribution >= 0.6 is 15.9 Å². The zero-order valence-electron chi connectivity index (χ0n) is 11.4. The number of rotatable bonds is 4. The minimum atomic E-state index is -1.08. The van der Waals surface area contributed by atoms with E-state index in [0.717, 1.165) is 5.56 Å². The molecule has 0 aliphatic carbocycles. The molecule has 1 unspecified atom stereocenters. The molecule has 1 atom stereocenters. The summed E-state index contributed by atoms with van der Waals surface area (Å²) >= 11 is 3.29. The fourth-order valence-electron chi connectivity index (χ4n) is 2.10. The number of aliphatic hydroxyl groups excluding tert-OH is 1. The first-order valence-corrected chi connectivity index (χ1v) is 7.19. The first kappa shape index (κ1) is 15.0. The third-order valence-corrected chi connectivity index (χ3v) is 3.72. The van der Waals surface area contributed by atoms with E-state index in [-0.39, 0.29) is 5.56 Å². The minimum Gasteiger partial charge on any atom is -0.493 e. The van der Waals surface area contributed by atoms with Gasteiger partial charge in [-0.1, -0.05) is 33.6 Å². The molecular weight excluding hydrogens is 323 g/mol. The van der Waals surface area contributed by atoms with Gasteiger partial charge in [-0.15, -0.1) is 0 Å². The Kier molecular flexibility index (Phi) is 4.78. The quantitative estimate of drug-likeness (QED) is 0.896. The van der Waals surface area contributed by atoms with Gasteiger partial charge in [0.2, 0.25) is 0 Å². The van der Waals surface area contributed by atoms with Crippen molar-refractivity contribution < 1.29 is 14.2 Å². The van der Waals surface area contributed by atoms with Crippen molar-refractivity contribution in [1.29, 1.82) is 0 Å². The first-order chi connectivity index (χ1) is 9.54. The van der Waals surface area contributed by atoms with E-state index in [1.807, 2.05) is 26.0 Å². The normalized spacial score (nSPS) is 12.2. The Morgan fingerprint density at radius 1 is 1.30 bits per heavy atom. The molecule has 0 bridgehead atoms. The molecule has 106 valence electrons. The zero-order chi connectivity index (χ0) is 14.7. The first-order valence-electron chi connectivity index (χ1n) is 6.40. The predicted molar refractivity (Wildman–Crippen MR) is 80.5 cm³/mol. The Balaban J connectivity index is 2.52. The number of aryl methyl sites for hydroxylation is 1. The van der Waals surface area contributed by atoms with E-state index in [4.69, 9.17) is 4.74 Å². The van der Waals surface area contributed by atoms with Crippen LogP contribution in [0.25, 0.3) is 0 Å². The van der Waals surface area contributed by atoms with Gasteiger partial charge < -0.3 is 9.84 Å². The summed E-state index contributed by atoms with van der Waals surface area (Å²) in [5.41, 5.74) is 1.77. The average molecular weight is 339 g/mol. The van der Waals surface area contributed by atoms with Crippen molar-refractivity contribution in [3.8, 4) is 5.75 Å². The number of hydrogen-bond acceptors (Lipinski definition) is 2. The molecule has 2 aromatic carbocycles. The maximum absolute atomic E-state index is 14.0. The molecule has 2 rings (SSSR count). The maximum Gasteiger partial charge on any atom is 0.130 e. The summed E-state index contributed by atoms with van der Waals surface area (Å²) in [6.45, 7) is 4.28. The number of halogens is 2. The van der Waals surface area contributed by atoms with E-state index in [2.05, 4.69) is 15.9 Å². The van der Waals surface area contributed by atoms with Gasteiger partial charge in [-0.3, -0.25) is 0 Å². The van der Waals surface area contributed by atoms with Crippen molar-refractivity contribution in [3.63, 3.8) is 0 Å². The lowest BCUT2D eigenvalue weighted by Crippen LogP contribution is -2.07. The number of benzene rings is 2. The standard InChI is InChI=1S/C16H16BrFO2/c1-3-20-14-8-7-10(2)9-11(14)16(19)15-12(17)5-4-6-13(15)18/h4-9,16,19H,3H2,1-2H3. The molecule has 0 spiro atoms. The summed E-state index contributed by atoms with van der Waals surface area (Å²) < 4.78 is 20.0. The second-order valence-corrected chi connectivity index (χ2v) is 5.37. The van der Waals surface area contributed by atoms with E-state index in [9.17, 15) is 9.50 Å². The average Bonchev–Trinajstić information content (AvgIpc) is 2.40. The molecule has 0 aliphatic rings. The van der Waals surface area contributed by atoms with Gasteiger partial charge in [0, 0.05) is 15.6 Å². The highest BCUT2D eigenvalue weighted by Gasteiger charge is 2.21. The van der Waals surface area contributed by atoms with Crippen molar-refractivity contribution in [2.24, 2.45) is 0 Å². The third kappa shape index (κ3) is 3.02. The molecule has 0 saturated heterocycles. The van der Waals surface area contributed by atoms with Crippen molar-refractivity contribution in [3.05, 3.63) is 63.4 Å². The highest BCUT2D eigenvalue weighted by molar-refractivity contribution is 9.10. The smallest absolute Gasteiger partial charge is 0.130 e. The van der Waals surface area contributed by atoms with E-state index >= 15 is 0 Å². The number of ether oxygens (including phenoxy) is 1. The number of aliphatic hydroxyl groups is 1. The van der Waals surface area contributed by atoms with Crippen LogP contribution in [0.2, 0.25) is 0 Å². The summed E-state index contributed by atoms with van der Waals surface area (Å²) in [6.07, 6.45) is -1.08. The molecule has 4 heteroatoms. The Labute approximate surface area is 126 Å². The van der Waals surface area contributed by atoms with Crippen LogP contribution in [0, 0.1) is 12.7 Å². The van der Waals surface area contributed by atoms with Gasteiger partial charge in [0.15, 0.2) is 0 Å². The second kappa shape index (κ2) is 6.37. The number of hydrogen-bond donors (Lipinski definition) is 1. The van der Waals surface area contributed by atoms with Crippen LogP contribution in [-0.2, 0) is 0 Å². The summed E-state index contributed by atoms with van der Waals surface area (Å²) in [4.78, 5) is 0. The second-order valence-electron chi connectivity index (χ2n) is 4.51.